The lowest BCUT2D eigenvalue weighted by Crippen LogP contribution is -2.48. The van der Waals surface area contributed by atoms with Crippen LogP contribution < -0.4 is 5.32 Å². The van der Waals surface area contributed by atoms with Crippen LogP contribution in [0, 0.1) is 5.92 Å². The fraction of sp³-hybridized carbons (Fsp3) is 0.889. The van der Waals surface area contributed by atoms with Gasteiger partial charge in [0, 0.05) is 13.0 Å². The summed E-state index contributed by atoms with van der Waals surface area (Å²) in [7, 11) is 0. The molecule has 5 heteroatoms. The summed E-state index contributed by atoms with van der Waals surface area (Å²) >= 11 is 0. The Morgan fingerprint density at radius 2 is 1.41 bits per heavy atom. The summed E-state index contributed by atoms with van der Waals surface area (Å²) in [6.07, 6.45) is 22.6. The van der Waals surface area contributed by atoms with Gasteiger partial charge in [0.2, 0.25) is 11.8 Å². The zero-order valence-corrected chi connectivity index (χ0v) is 21.0. The van der Waals surface area contributed by atoms with Crippen molar-refractivity contribution in [2.24, 2.45) is 5.92 Å². The van der Waals surface area contributed by atoms with Gasteiger partial charge in [-0.15, -0.1) is 0 Å². The molecule has 0 aromatic heterocycles. The summed E-state index contributed by atoms with van der Waals surface area (Å²) in [6, 6.07) is -0.393. The van der Waals surface area contributed by atoms with E-state index in [1.807, 2.05) is 0 Å². The van der Waals surface area contributed by atoms with E-state index in [1.165, 1.54) is 77.0 Å². The van der Waals surface area contributed by atoms with Crippen molar-refractivity contribution in [2.45, 2.75) is 135 Å². The second-order valence-corrected chi connectivity index (χ2v) is 9.63. The molecule has 186 valence electrons. The molecule has 0 radical (unpaired) electrons. The monoisotopic (exact) mass is 450 g/mol. The fourth-order valence-corrected chi connectivity index (χ4v) is 5.03. The van der Waals surface area contributed by atoms with Gasteiger partial charge in [-0.2, -0.15) is 0 Å². The minimum atomic E-state index is -0.393. The van der Waals surface area contributed by atoms with Crippen LogP contribution >= 0.6 is 0 Å². The molecule has 1 unspecified atom stereocenters. The third-order valence-electron chi connectivity index (χ3n) is 6.88. The SMILES string of the molecule is C1CCCC1.CCCCCCCCCCCC(=O)N1CC[C@H](CCC)C1C(=O)NCC=O. The van der Waals surface area contributed by atoms with Gasteiger partial charge in [-0.05, 0) is 25.2 Å². The summed E-state index contributed by atoms with van der Waals surface area (Å²) in [5, 5.41) is 2.65. The van der Waals surface area contributed by atoms with Crippen LogP contribution in [-0.2, 0) is 14.4 Å². The summed E-state index contributed by atoms with van der Waals surface area (Å²) in [5.74, 6) is 0.148. The van der Waals surface area contributed by atoms with Gasteiger partial charge in [0.25, 0.3) is 0 Å². The number of hydrogen-bond acceptors (Lipinski definition) is 3. The van der Waals surface area contributed by atoms with Crippen LogP contribution in [0.3, 0.4) is 0 Å². The first-order chi connectivity index (χ1) is 15.7. The van der Waals surface area contributed by atoms with E-state index in [0.29, 0.717) is 19.3 Å². The summed E-state index contributed by atoms with van der Waals surface area (Å²) in [5.41, 5.74) is 0. The molecule has 5 nitrogen and oxygen atoms in total. The third-order valence-corrected chi connectivity index (χ3v) is 6.88. The second-order valence-electron chi connectivity index (χ2n) is 9.63. The third kappa shape index (κ3) is 12.0. The Bertz CT molecular complexity index is 498. The van der Waals surface area contributed by atoms with Crippen molar-refractivity contribution >= 4 is 18.1 Å². The number of aldehydes is 1. The zero-order chi connectivity index (χ0) is 23.4. The van der Waals surface area contributed by atoms with Crippen LogP contribution in [-0.4, -0.2) is 42.1 Å². The largest absolute Gasteiger partial charge is 0.348 e. The van der Waals surface area contributed by atoms with Crippen LogP contribution in [0.2, 0.25) is 0 Å². The highest BCUT2D eigenvalue weighted by atomic mass is 16.2. The van der Waals surface area contributed by atoms with Crippen LogP contribution in [0.5, 0.6) is 0 Å². The Hall–Kier alpha value is -1.39. The molecule has 1 saturated heterocycles. The van der Waals surface area contributed by atoms with E-state index >= 15 is 0 Å². The molecule has 0 spiro atoms. The van der Waals surface area contributed by atoms with Crippen LogP contribution in [0.4, 0.5) is 0 Å². The first kappa shape index (κ1) is 28.6. The van der Waals surface area contributed by atoms with E-state index in [0.717, 1.165) is 32.1 Å². The van der Waals surface area contributed by atoms with Crippen molar-refractivity contribution < 1.29 is 14.4 Å². The number of hydrogen-bond donors (Lipinski definition) is 1. The van der Waals surface area contributed by atoms with Crippen molar-refractivity contribution in [1.82, 2.24) is 10.2 Å². The van der Waals surface area contributed by atoms with Crippen LogP contribution in [0.15, 0.2) is 0 Å². The normalized spacial score (nSPS) is 20.0. The topological polar surface area (TPSA) is 66.5 Å². The van der Waals surface area contributed by atoms with E-state index in [9.17, 15) is 14.4 Å². The summed E-state index contributed by atoms with van der Waals surface area (Å²) in [6.45, 7) is 5.03. The molecule has 1 aliphatic carbocycles. The van der Waals surface area contributed by atoms with Crippen LogP contribution in [0.25, 0.3) is 0 Å². The quantitative estimate of drug-likeness (QED) is 0.239. The molecule has 2 aliphatic rings. The van der Waals surface area contributed by atoms with E-state index in [1.54, 1.807) is 4.90 Å². The Labute approximate surface area is 197 Å². The van der Waals surface area contributed by atoms with Crippen LogP contribution in [0.1, 0.15) is 129 Å². The lowest BCUT2D eigenvalue weighted by Gasteiger charge is -2.27. The smallest absolute Gasteiger partial charge is 0.243 e. The van der Waals surface area contributed by atoms with Gasteiger partial charge in [0.1, 0.15) is 12.3 Å². The minimum Gasteiger partial charge on any atom is -0.348 e. The standard InChI is InChI=1S/C22H40N2O3.C5H10/c1-3-5-6-7-8-9-10-11-12-14-20(26)24-17-15-19(13-4-2)21(24)22(27)23-16-18-25;1-2-4-5-3-1/h18-19,21H,3-17H2,1-2H3,(H,23,27);1-5H2/t19-,21?;/m0./s1. The fourth-order valence-electron chi connectivity index (χ4n) is 5.03. The van der Waals surface area contributed by atoms with Crippen molar-refractivity contribution in [2.75, 3.05) is 13.1 Å². The highest BCUT2D eigenvalue weighted by Crippen LogP contribution is 2.29. The van der Waals surface area contributed by atoms with E-state index in [-0.39, 0.29) is 24.3 Å². The zero-order valence-electron chi connectivity index (χ0n) is 21.0. The Balaban J connectivity index is 0.000000894. The number of rotatable bonds is 15. The molecule has 1 aliphatic heterocycles. The van der Waals surface area contributed by atoms with Gasteiger partial charge in [-0.3, -0.25) is 9.59 Å². The molecule has 2 fully saturated rings. The average Bonchev–Trinajstić information content (AvgIpc) is 3.50. The molecular weight excluding hydrogens is 400 g/mol. The van der Waals surface area contributed by atoms with Gasteiger partial charge in [0.15, 0.2) is 0 Å². The van der Waals surface area contributed by atoms with Crippen molar-refractivity contribution in [3.05, 3.63) is 0 Å². The molecule has 1 N–H and O–H groups in total. The molecule has 0 aromatic carbocycles. The first-order valence-electron chi connectivity index (χ1n) is 13.7. The lowest BCUT2D eigenvalue weighted by molar-refractivity contribution is -0.139. The van der Waals surface area contributed by atoms with E-state index in [2.05, 4.69) is 19.2 Å². The molecule has 2 amide bonds. The maximum atomic E-state index is 12.7. The second kappa shape index (κ2) is 19.1. The van der Waals surface area contributed by atoms with Gasteiger partial charge in [0.05, 0.1) is 6.54 Å². The number of likely N-dealkylation sites (tertiary alicyclic amines) is 1. The van der Waals surface area contributed by atoms with E-state index in [4.69, 9.17) is 0 Å². The van der Waals surface area contributed by atoms with Crippen molar-refractivity contribution in [3.8, 4) is 0 Å². The number of carbonyl (C=O) groups excluding carboxylic acids is 3. The number of nitrogens with zero attached hydrogens (tertiary/aromatic N) is 1. The average molecular weight is 451 g/mol. The Kier molecular flexibility index (Phi) is 17.1. The maximum absolute atomic E-state index is 12.7. The predicted molar refractivity (Wildman–Crippen MR) is 133 cm³/mol. The number of amides is 2. The van der Waals surface area contributed by atoms with E-state index < -0.39 is 6.04 Å². The molecular formula is C27H50N2O3. The lowest BCUT2D eigenvalue weighted by atomic mass is 9.94. The highest BCUT2D eigenvalue weighted by Gasteiger charge is 2.40. The number of carbonyl (C=O) groups is 3. The maximum Gasteiger partial charge on any atom is 0.243 e. The molecule has 0 aromatic rings. The predicted octanol–water partition coefficient (Wildman–Crippen LogP) is 6.19. The molecule has 0 bridgehead atoms. The molecule has 2 rings (SSSR count). The highest BCUT2D eigenvalue weighted by molar-refractivity contribution is 5.89. The Morgan fingerprint density at radius 1 is 0.844 bits per heavy atom. The first-order valence-corrected chi connectivity index (χ1v) is 13.7. The number of nitrogens with one attached hydrogen (secondary N) is 1. The molecule has 1 saturated carbocycles. The van der Waals surface area contributed by atoms with Gasteiger partial charge < -0.3 is 15.0 Å². The van der Waals surface area contributed by atoms with Gasteiger partial charge >= 0.3 is 0 Å². The molecule has 32 heavy (non-hydrogen) atoms. The Morgan fingerprint density at radius 3 is 1.94 bits per heavy atom. The van der Waals surface area contributed by atoms with Gasteiger partial charge in [-0.1, -0.05) is 104 Å². The van der Waals surface area contributed by atoms with Gasteiger partial charge in [-0.25, -0.2) is 0 Å². The van der Waals surface area contributed by atoms with Crippen molar-refractivity contribution in [3.63, 3.8) is 0 Å². The number of unbranched alkanes of at least 4 members (excludes halogenated alkanes) is 8. The molecule has 2 atom stereocenters. The summed E-state index contributed by atoms with van der Waals surface area (Å²) < 4.78 is 0. The molecule has 1 heterocycles. The van der Waals surface area contributed by atoms with Crippen molar-refractivity contribution in [1.29, 1.82) is 0 Å². The minimum absolute atomic E-state index is 0.0223. The summed E-state index contributed by atoms with van der Waals surface area (Å²) in [4.78, 5) is 37.5.